The van der Waals surface area contributed by atoms with Crippen molar-refractivity contribution in [2.75, 3.05) is 0 Å². The predicted octanol–water partition coefficient (Wildman–Crippen LogP) is 3.90. The van der Waals surface area contributed by atoms with Gasteiger partial charge in [0.2, 0.25) is 5.91 Å². The van der Waals surface area contributed by atoms with Gasteiger partial charge in [-0.15, -0.1) is 11.3 Å². The number of carbonyl (C=O) groups excluding carboxylic acids is 3. The summed E-state index contributed by atoms with van der Waals surface area (Å²) < 4.78 is 0.782. The molecule has 0 spiro atoms. The van der Waals surface area contributed by atoms with Gasteiger partial charge in [0.15, 0.2) is 5.82 Å². The monoisotopic (exact) mass is 557 g/mol. The molecular weight excluding hydrogens is 530 g/mol. The van der Waals surface area contributed by atoms with Gasteiger partial charge < -0.3 is 10.1 Å². The van der Waals surface area contributed by atoms with Gasteiger partial charge in [0, 0.05) is 29.3 Å². The number of halogens is 1. The third kappa shape index (κ3) is 6.81. The maximum Gasteiger partial charge on any atom is 0.278 e. The van der Waals surface area contributed by atoms with Gasteiger partial charge in [0.25, 0.3) is 5.91 Å². The van der Waals surface area contributed by atoms with Crippen molar-refractivity contribution in [2.24, 2.45) is 5.84 Å². The number of amides is 2. The van der Waals surface area contributed by atoms with Gasteiger partial charge in [-0.05, 0) is 46.0 Å². The van der Waals surface area contributed by atoms with E-state index in [9.17, 15) is 14.4 Å². The Bertz CT molecular complexity index is 1190. The van der Waals surface area contributed by atoms with Crippen molar-refractivity contribution in [2.45, 2.75) is 51.6 Å². The van der Waals surface area contributed by atoms with E-state index in [0.717, 1.165) is 25.5 Å². The Morgan fingerprint density at radius 2 is 1.77 bits per heavy atom. The summed E-state index contributed by atoms with van der Waals surface area (Å²) >= 11 is 4.67. The number of rotatable bonds is 8. The molecule has 184 valence electrons. The van der Waals surface area contributed by atoms with E-state index in [-0.39, 0.29) is 11.8 Å². The number of carbonyl (C=O) groups is 3. The summed E-state index contributed by atoms with van der Waals surface area (Å²) in [6, 6.07) is 9.27. The number of aldehydes is 1. The second-order valence-electron chi connectivity index (χ2n) is 9.20. The van der Waals surface area contributed by atoms with Crippen LogP contribution in [0.3, 0.4) is 0 Å². The minimum atomic E-state index is -1.01. The van der Waals surface area contributed by atoms with Crippen LogP contribution in [-0.2, 0) is 21.4 Å². The fourth-order valence-corrected chi connectivity index (χ4v) is 4.48. The van der Waals surface area contributed by atoms with Crippen molar-refractivity contribution in [1.82, 2.24) is 20.3 Å². The predicted molar refractivity (Wildman–Crippen MR) is 140 cm³/mol. The highest BCUT2D eigenvalue weighted by Crippen LogP contribution is 2.30. The minimum absolute atomic E-state index is 0.112. The summed E-state index contributed by atoms with van der Waals surface area (Å²) in [5, 5.41) is 3.56. The van der Waals surface area contributed by atoms with Crippen LogP contribution in [-0.4, -0.2) is 45.2 Å². The van der Waals surface area contributed by atoms with E-state index >= 15 is 0 Å². The zero-order valence-corrected chi connectivity index (χ0v) is 22.4. The third-order valence-corrected chi connectivity index (χ3v) is 7.17. The van der Waals surface area contributed by atoms with E-state index in [1.807, 2.05) is 30.3 Å². The van der Waals surface area contributed by atoms with Gasteiger partial charge in [-0.1, -0.05) is 45.0 Å². The van der Waals surface area contributed by atoms with Crippen molar-refractivity contribution < 1.29 is 14.4 Å². The average molecular weight is 559 g/mol. The van der Waals surface area contributed by atoms with Crippen LogP contribution in [0.15, 0.2) is 53.3 Å². The number of nitrogens with zero attached hydrogens (tertiary/aromatic N) is 3. The standard InChI is InChI=1S/C25H28BrN5O3S/c1-15(14-32)30-23(33)19(31(27)24(34)20-9-10-21(35-20)25(2,3)4)11-16-5-7-17(8-6-16)22-28-12-18(26)13-29-22/h5-10,12-15,19H,11,27H2,1-4H3,(H,30,33)/t15-,19+/m1/s1. The van der Waals surface area contributed by atoms with Gasteiger partial charge in [-0.3, -0.25) is 14.6 Å². The van der Waals surface area contributed by atoms with Gasteiger partial charge >= 0.3 is 0 Å². The molecule has 2 heterocycles. The summed E-state index contributed by atoms with van der Waals surface area (Å²) in [6.45, 7) is 7.75. The van der Waals surface area contributed by atoms with E-state index in [1.165, 1.54) is 11.3 Å². The van der Waals surface area contributed by atoms with Crippen LogP contribution >= 0.6 is 27.3 Å². The lowest BCUT2D eigenvalue weighted by molar-refractivity contribution is -0.127. The number of nitrogens with one attached hydrogen (secondary N) is 1. The first-order valence-electron chi connectivity index (χ1n) is 11.0. The fraction of sp³-hybridized carbons (Fsp3) is 0.320. The van der Waals surface area contributed by atoms with Crippen LogP contribution in [0.1, 0.15) is 47.8 Å². The first-order chi connectivity index (χ1) is 16.5. The third-order valence-electron chi connectivity index (χ3n) is 5.26. The van der Waals surface area contributed by atoms with Gasteiger partial charge in [-0.2, -0.15) is 0 Å². The van der Waals surface area contributed by atoms with Crippen molar-refractivity contribution in [1.29, 1.82) is 0 Å². The smallest absolute Gasteiger partial charge is 0.278 e. The highest BCUT2D eigenvalue weighted by Gasteiger charge is 2.31. The molecule has 0 saturated heterocycles. The maximum absolute atomic E-state index is 13.2. The van der Waals surface area contributed by atoms with Crippen molar-refractivity contribution in [3.05, 3.63) is 68.6 Å². The Morgan fingerprint density at radius 3 is 2.31 bits per heavy atom. The first kappa shape index (κ1) is 26.7. The van der Waals surface area contributed by atoms with E-state index < -0.39 is 23.9 Å². The summed E-state index contributed by atoms with van der Waals surface area (Å²) in [4.78, 5) is 47.4. The Labute approximate surface area is 217 Å². The molecule has 2 atom stereocenters. The lowest BCUT2D eigenvalue weighted by Crippen LogP contribution is -2.55. The Balaban J connectivity index is 1.84. The van der Waals surface area contributed by atoms with Crippen LogP contribution < -0.4 is 11.2 Å². The van der Waals surface area contributed by atoms with Gasteiger partial charge in [0.05, 0.1) is 15.4 Å². The summed E-state index contributed by atoms with van der Waals surface area (Å²) in [6.07, 6.45) is 4.12. The quantitative estimate of drug-likeness (QED) is 0.188. The molecule has 0 aliphatic carbocycles. The lowest BCUT2D eigenvalue weighted by atomic mass is 9.95. The molecule has 2 amide bonds. The number of benzene rings is 1. The van der Waals surface area contributed by atoms with Gasteiger partial charge in [0.1, 0.15) is 12.3 Å². The Morgan fingerprint density at radius 1 is 1.14 bits per heavy atom. The molecule has 0 radical (unpaired) electrons. The molecule has 0 aliphatic rings. The molecule has 35 heavy (non-hydrogen) atoms. The van der Waals surface area contributed by atoms with Crippen LogP contribution in [0.25, 0.3) is 11.4 Å². The summed E-state index contributed by atoms with van der Waals surface area (Å²) in [7, 11) is 0. The highest BCUT2D eigenvalue weighted by atomic mass is 79.9. The van der Waals surface area contributed by atoms with Crippen molar-refractivity contribution >= 4 is 45.4 Å². The molecular formula is C25H28BrN5O3S. The largest absolute Gasteiger partial charge is 0.345 e. The van der Waals surface area contributed by atoms with E-state index in [1.54, 1.807) is 25.4 Å². The molecule has 0 saturated carbocycles. The van der Waals surface area contributed by atoms with Crippen LogP contribution in [0.2, 0.25) is 0 Å². The van der Waals surface area contributed by atoms with E-state index in [4.69, 9.17) is 5.84 Å². The topological polar surface area (TPSA) is 118 Å². The molecule has 0 unspecified atom stereocenters. The number of hydrogen-bond donors (Lipinski definition) is 2. The summed E-state index contributed by atoms with van der Waals surface area (Å²) in [5.74, 6) is 5.84. The molecule has 3 N–H and O–H groups in total. The number of thiophene rings is 1. The van der Waals surface area contributed by atoms with Crippen LogP contribution in [0, 0.1) is 0 Å². The summed E-state index contributed by atoms with van der Waals surface area (Å²) in [5.41, 5.74) is 1.49. The van der Waals surface area contributed by atoms with Crippen LogP contribution in [0.4, 0.5) is 0 Å². The second-order valence-corrected chi connectivity index (χ2v) is 11.2. The number of hydrazine groups is 1. The van der Waals surface area contributed by atoms with Crippen LogP contribution in [0.5, 0.6) is 0 Å². The number of nitrogens with two attached hydrogens (primary N) is 1. The Kier molecular flexibility index (Phi) is 8.52. The van der Waals surface area contributed by atoms with Crippen molar-refractivity contribution in [3.8, 4) is 11.4 Å². The average Bonchev–Trinajstić information content (AvgIpc) is 3.33. The maximum atomic E-state index is 13.2. The van der Waals surface area contributed by atoms with E-state index in [2.05, 4.69) is 52.0 Å². The molecule has 0 fully saturated rings. The SMILES string of the molecule is C[C@H](C=O)NC(=O)[C@H](Cc1ccc(-c2ncc(Br)cn2)cc1)N(N)C(=O)c1ccc(C(C)(C)C)s1. The fourth-order valence-electron chi connectivity index (χ4n) is 3.27. The molecule has 0 bridgehead atoms. The normalized spacial score (nSPS) is 13.1. The Hall–Kier alpha value is -2.95. The van der Waals surface area contributed by atoms with Gasteiger partial charge in [-0.25, -0.2) is 15.8 Å². The molecule has 3 aromatic rings. The molecule has 0 aliphatic heterocycles. The van der Waals surface area contributed by atoms with Crippen molar-refractivity contribution in [3.63, 3.8) is 0 Å². The lowest BCUT2D eigenvalue weighted by Gasteiger charge is -2.27. The molecule has 3 rings (SSSR count). The molecule has 8 nitrogen and oxygen atoms in total. The zero-order chi connectivity index (χ0) is 25.8. The van der Waals surface area contributed by atoms with E-state index in [0.29, 0.717) is 17.0 Å². The second kappa shape index (κ2) is 11.2. The zero-order valence-electron chi connectivity index (χ0n) is 20.0. The molecule has 10 heteroatoms. The molecule has 2 aromatic heterocycles. The number of aromatic nitrogens is 2. The molecule has 1 aromatic carbocycles. The minimum Gasteiger partial charge on any atom is -0.345 e. The number of hydrogen-bond acceptors (Lipinski definition) is 7. The highest BCUT2D eigenvalue weighted by molar-refractivity contribution is 9.10. The first-order valence-corrected chi connectivity index (χ1v) is 12.6.